The molecule has 652 valence electrons. The fourth-order valence-electron chi connectivity index (χ4n) is 20.2. The maximum Gasteiger partial charge on any atom is 0.369 e. The van der Waals surface area contributed by atoms with Crippen molar-refractivity contribution < 1.29 is 60.4 Å². The molecule has 2 N–H and O–H groups in total. The fourth-order valence-corrected chi connectivity index (χ4v) is 22.7. The van der Waals surface area contributed by atoms with Gasteiger partial charge in [0.15, 0.2) is 30.9 Å². The van der Waals surface area contributed by atoms with Crippen molar-refractivity contribution in [1.29, 1.82) is 0 Å². The zero-order chi connectivity index (χ0) is 85.7. The summed E-state index contributed by atoms with van der Waals surface area (Å²) < 4.78 is 87.7. The highest BCUT2D eigenvalue weighted by Crippen LogP contribution is 2.60. The summed E-state index contributed by atoms with van der Waals surface area (Å²) in [4.78, 5) is 15.4. The van der Waals surface area contributed by atoms with E-state index in [0.29, 0.717) is 67.1 Å². The number of ether oxygens (including phenoxy) is 5. The molecule has 9 saturated carbocycles. The molecule has 0 heterocycles. The van der Waals surface area contributed by atoms with E-state index in [-0.39, 0.29) is 30.1 Å². The van der Waals surface area contributed by atoms with Gasteiger partial charge in [-0.3, -0.25) is 4.79 Å². The third-order valence-corrected chi connectivity index (χ3v) is 31.3. The Morgan fingerprint density at radius 2 is 0.992 bits per heavy atom. The second-order valence-corrected chi connectivity index (χ2v) is 41.2. The summed E-state index contributed by atoms with van der Waals surface area (Å²) >= 11 is 0. The Bertz CT molecular complexity index is 4150. The molecule has 9 unspecified atom stereocenters. The van der Waals surface area contributed by atoms with Crippen molar-refractivity contribution in [2.75, 3.05) is 13.2 Å². The second kappa shape index (κ2) is 44.6. The Kier molecular flexibility index (Phi) is 35.5. The van der Waals surface area contributed by atoms with Crippen LogP contribution in [0.1, 0.15) is 283 Å². The lowest BCUT2D eigenvalue weighted by Gasteiger charge is -2.57. The van der Waals surface area contributed by atoms with Gasteiger partial charge >= 0.3 is 11.2 Å². The number of aliphatic hydroxyl groups is 1. The van der Waals surface area contributed by atoms with E-state index in [9.17, 15) is 26.5 Å². The van der Waals surface area contributed by atoms with E-state index in [1.807, 2.05) is 12.1 Å². The SMILES string of the molecule is CC1Cc2ccccc2C1C.CCC(C)(C)C(=O)OC(C)C(F)(F)S(=O)(=O)[O-].CCC(C)c1ccc(O)cc1.CCC(C)c1ccc(OC(OC2C3CC4CC(C3)CC2C4)C(C)C2C3CC4CC(C3)CC2C4)cc1.CCC(C)c1ccc(OC(OCC(C)C)C2CCCCC2)cc1.OCCc1ccc([S+](c2ccccc2)c2ccccc2)cc1. The van der Waals surface area contributed by atoms with Crippen LogP contribution in [0.2, 0.25) is 0 Å². The minimum atomic E-state index is -5.86. The molecular weight excluding hydrogens is 1530 g/mol. The van der Waals surface area contributed by atoms with Gasteiger partial charge in [0.25, 0.3) is 0 Å². The van der Waals surface area contributed by atoms with Gasteiger partial charge in [-0.15, -0.1) is 0 Å². The van der Waals surface area contributed by atoms with Gasteiger partial charge in [-0.05, 0) is 331 Å². The van der Waals surface area contributed by atoms with Crippen molar-refractivity contribution >= 4 is 27.0 Å². The maximum atomic E-state index is 13.0. The van der Waals surface area contributed by atoms with Crippen molar-refractivity contribution in [3.63, 3.8) is 0 Å². The monoisotopic (exact) mass is 1670 g/mol. The van der Waals surface area contributed by atoms with Gasteiger partial charge in [0.2, 0.25) is 12.6 Å². The van der Waals surface area contributed by atoms with Gasteiger partial charge < -0.3 is 38.5 Å². The molecule has 11 nitrogen and oxygen atoms in total. The number of benzene rings is 7. The number of alkyl halides is 2. The van der Waals surface area contributed by atoms with E-state index in [2.05, 4.69) is 239 Å². The lowest BCUT2D eigenvalue weighted by Crippen LogP contribution is -2.54. The van der Waals surface area contributed by atoms with Crippen LogP contribution in [-0.4, -0.2) is 72.4 Å². The minimum Gasteiger partial charge on any atom is -0.743 e. The summed E-state index contributed by atoms with van der Waals surface area (Å²) in [6.45, 7) is 31.2. The van der Waals surface area contributed by atoms with Crippen LogP contribution in [0.5, 0.6) is 17.2 Å². The molecule has 0 aliphatic heterocycles. The molecule has 0 amide bonds. The summed E-state index contributed by atoms with van der Waals surface area (Å²) in [5.41, 5.74) is 7.40. The van der Waals surface area contributed by atoms with Gasteiger partial charge in [0, 0.05) is 18.4 Å². The molecule has 15 heteroatoms. The van der Waals surface area contributed by atoms with E-state index in [1.165, 1.54) is 166 Å². The van der Waals surface area contributed by atoms with E-state index in [4.69, 9.17) is 29.2 Å². The summed E-state index contributed by atoms with van der Waals surface area (Å²) in [5.74, 6) is 14.5. The van der Waals surface area contributed by atoms with Crippen molar-refractivity contribution in [3.05, 3.63) is 215 Å². The zero-order valence-electron chi connectivity index (χ0n) is 74.3. The van der Waals surface area contributed by atoms with E-state index in [1.54, 1.807) is 30.2 Å². The third-order valence-electron chi connectivity index (χ3n) is 28.1. The van der Waals surface area contributed by atoms with Crippen LogP contribution < -0.4 is 9.47 Å². The van der Waals surface area contributed by atoms with Crippen LogP contribution in [0.4, 0.5) is 8.78 Å². The van der Waals surface area contributed by atoms with Crippen LogP contribution in [0.25, 0.3) is 0 Å². The number of phenols is 1. The summed E-state index contributed by atoms with van der Waals surface area (Å²) in [7, 11) is -5.95. The van der Waals surface area contributed by atoms with Crippen molar-refractivity contribution in [1.82, 2.24) is 0 Å². The van der Waals surface area contributed by atoms with Crippen molar-refractivity contribution in [3.8, 4) is 17.2 Å². The molecule has 0 aromatic heterocycles. The van der Waals surface area contributed by atoms with Crippen molar-refractivity contribution in [2.24, 2.45) is 82.3 Å². The molecule has 119 heavy (non-hydrogen) atoms. The first-order chi connectivity index (χ1) is 56.9. The van der Waals surface area contributed by atoms with Crippen molar-refractivity contribution in [2.45, 2.75) is 307 Å². The standard InChI is InChI=1S/C33H48O2.C21H34O2.C20H19OS.C11H14.C10H14O.C9H16F2O5S/c1-4-19(2)25-5-7-30(8-6-25)34-33(35-32-28-15-23-10-24(17-28)18-29(32)16-23)20(3)31-26-11-21-9-22(13-26)14-27(31)12-21;1-5-17(4)18-11-13-20(14-12-18)23-21(22-15-16(2)3)19-9-7-6-8-10-19;21-16-15-17-11-13-20(14-12-17)22(18-7-3-1-4-8-18)19-9-5-2-6-10-19;1-8-7-10-5-3-4-6-11(10)9(8)2;1-3-8(2)9-4-6-10(11)7-5-9;1-5-8(3,4)7(12)16-6(2)9(10,11)17(13,14)15/h5-8,19-24,26-29,31-33H,4,9-18H2,1-3H3;11-14,16-17,19,21H,5-10,15H2,1-4H3;1-14,21H,15-16H2;3-6,8-9H,7H2,1-2H3;4-8,11H,3H2,1-2H3;6H,5H2,1-4H3,(H,13,14,15)/q;;+1;;;/p-1. The normalized spacial score (nSPS) is 25.1. The number of aliphatic hydroxyl groups excluding tert-OH is 1. The van der Waals surface area contributed by atoms with E-state index in [0.717, 1.165) is 89.6 Å². The Morgan fingerprint density at radius 3 is 1.43 bits per heavy atom. The minimum absolute atomic E-state index is 0.0884. The largest absolute Gasteiger partial charge is 0.743 e. The predicted octanol–water partition coefficient (Wildman–Crippen LogP) is 26.3. The number of aromatic hydroxyl groups is 1. The number of halogens is 2. The Hall–Kier alpha value is -6.59. The van der Waals surface area contributed by atoms with Crippen LogP contribution in [0.15, 0.2) is 197 Å². The van der Waals surface area contributed by atoms with Crippen LogP contribution in [-0.2, 0) is 52.9 Å². The molecule has 7 aromatic carbocycles. The molecule has 10 aliphatic rings. The highest BCUT2D eigenvalue weighted by atomic mass is 32.2. The molecular formula is C104H144F2O11S2. The maximum absolute atomic E-state index is 13.0. The topological polar surface area (TPSA) is 161 Å². The smallest absolute Gasteiger partial charge is 0.369 e. The fraction of sp³-hybridized carbons (Fsp3) is 0.587. The van der Waals surface area contributed by atoms with E-state index < -0.39 is 32.9 Å². The van der Waals surface area contributed by atoms with Gasteiger partial charge in [-0.1, -0.05) is 212 Å². The van der Waals surface area contributed by atoms with Gasteiger partial charge in [0.05, 0.1) is 29.0 Å². The van der Waals surface area contributed by atoms with Gasteiger partial charge in [0.1, 0.15) is 17.2 Å². The zero-order valence-corrected chi connectivity index (χ0v) is 76.0. The first-order valence-corrected chi connectivity index (χ1v) is 48.3. The second-order valence-electron chi connectivity index (χ2n) is 37.7. The molecule has 7 aromatic rings. The molecule has 0 radical (unpaired) electrons. The van der Waals surface area contributed by atoms with Gasteiger partial charge in [-0.2, -0.15) is 8.78 Å². The average molecular weight is 1670 g/mol. The van der Waals surface area contributed by atoms with E-state index >= 15 is 0 Å². The summed E-state index contributed by atoms with van der Waals surface area (Å²) in [5, 5.41) is 13.4. The number of phenolic OH excluding ortho intramolecular Hbond substituents is 1. The number of fused-ring (bicyclic) bond motifs is 1. The van der Waals surface area contributed by atoms with Crippen LogP contribution in [0, 0.1) is 82.3 Å². The third kappa shape index (κ3) is 26.0. The highest BCUT2D eigenvalue weighted by Gasteiger charge is 2.54. The molecule has 0 saturated heterocycles. The lowest BCUT2D eigenvalue weighted by atomic mass is 9.49. The molecule has 10 aliphatic carbocycles. The quantitative estimate of drug-likeness (QED) is 0.0208. The van der Waals surface area contributed by atoms with Crippen LogP contribution >= 0.6 is 0 Å². The van der Waals surface area contributed by atoms with Crippen LogP contribution in [0.3, 0.4) is 0 Å². The summed E-state index contributed by atoms with van der Waals surface area (Å²) in [6.07, 6.45) is 24.8. The number of hydrogen-bond donors (Lipinski definition) is 2. The number of carbonyl (C=O) groups excluding carboxylic acids is 1. The number of hydrogen-bond acceptors (Lipinski definition) is 11. The average Bonchev–Trinajstić information content (AvgIpc) is 1.07. The predicted molar refractivity (Wildman–Crippen MR) is 479 cm³/mol. The Balaban J connectivity index is 0.000000158. The molecule has 9 atom stereocenters. The highest BCUT2D eigenvalue weighted by molar-refractivity contribution is 7.97. The van der Waals surface area contributed by atoms with Gasteiger partial charge in [-0.25, -0.2) is 8.42 Å². The molecule has 0 spiro atoms. The first kappa shape index (κ1) is 94.7. The lowest BCUT2D eigenvalue weighted by molar-refractivity contribution is -0.229. The number of esters is 1. The first-order valence-electron chi connectivity index (χ1n) is 45.7. The number of rotatable bonds is 28. The Labute approximate surface area is 718 Å². The molecule has 8 bridgehead atoms. The molecule has 17 rings (SSSR count). The summed E-state index contributed by atoms with van der Waals surface area (Å²) in [6, 6.07) is 63.8. The molecule has 9 fully saturated rings. The Morgan fingerprint density at radius 1 is 0.555 bits per heavy atom. The number of carbonyl (C=O) groups is 1.